The molecule has 0 saturated heterocycles. The van der Waals surface area contributed by atoms with Gasteiger partial charge in [0.05, 0.1) is 10.6 Å². The average molecular weight is 639 g/mol. The molecule has 0 aliphatic heterocycles. The minimum absolute atomic E-state index is 0.0205. The molecule has 41 heavy (non-hydrogen) atoms. The Morgan fingerprint density at radius 2 is 1.59 bits per heavy atom. The molecule has 0 radical (unpaired) electrons. The van der Waals surface area contributed by atoms with Crippen molar-refractivity contribution in [1.82, 2.24) is 10.2 Å². The van der Waals surface area contributed by atoms with E-state index >= 15 is 0 Å². The van der Waals surface area contributed by atoms with Crippen molar-refractivity contribution in [3.05, 3.63) is 92.4 Å². The zero-order valence-corrected chi connectivity index (χ0v) is 26.7. The van der Waals surface area contributed by atoms with Crippen molar-refractivity contribution < 1.29 is 18.0 Å². The number of hydrogen-bond donors (Lipinski definition) is 1. The number of nitrogens with one attached hydrogen (secondary N) is 1. The molecule has 0 heterocycles. The molecular weight excluding hydrogens is 605 g/mol. The first-order valence-corrected chi connectivity index (χ1v) is 15.7. The largest absolute Gasteiger partial charge is 0.352 e. The molecule has 0 aromatic heterocycles. The van der Waals surface area contributed by atoms with E-state index in [1.807, 2.05) is 20.8 Å². The summed E-state index contributed by atoms with van der Waals surface area (Å²) in [6.07, 6.45) is 0.288. The summed E-state index contributed by atoms with van der Waals surface area (Å²) < 4.78 is 29.1. The number of anilines is 1. The van der Waals surface area contributed by atoms with E-state index in [0.717, 1.165) is 9.87 Å². The van der Waals surface area contributed by atoms with E-state index in [9.17, 15) is 18.0 Å². The number of halogens is 3. The van der Waals surface area contributed by atoms with Gasteiger partial charge in [0, 0.05) is 27.7 Å². The van der Waals surface area contributed by atoms with Gasteiger partial charge in [0.2, 0.25) is 11.8 Å². The predicted molar refractivity (Wildman–Crippen MR) is 166 cm³/mol. The van der Waals surface area contributed by atoms with E-state index < -0.39 is 28.5 Å². The number of benzene rings is 3. The van der Waals surface area contributed by atoms with Gasteiger partial charge >= 0.3 is 0 Å². The first-order chi connectivity index (χ1) is 19.3. The van der Waals surface area contributed by atoms with Crippen LogP contribution in [0.15, 0.2) is 65.6 Å². The van der Waals surface area contributed by atoms with Crippen molar-refractivity contribution >= 4 is 62.3 Å². The van der Waals surface area contributed by atoms with Gasteiger partial charge in [-0.1, -0.05) is 71.6 Å². The van der Waals surface area contributed by atoms with Crippen LogP contribution < -0.4 is 9.62 Å². The Morgan fingerprint density at radius 1 is 0.927 bits per heavy atom. The highest BCUT2D eigenvalue weighted by Crippen LogP contribution is 2.32. The van der Waals surface area contributed by atoms with Crippen molar-refractivity contribution in [3.63, 3.8) is 0 Å². The molecule has 0 aliphatic rings. The molecule has 220 valence electrons. The summed E-state index contributed by atoms with van der Waals surface area (Å²) in [6, 6.07) is 15.1. The molecule has 0 aliphatic carbocycles. The number of rotatable bonds is 11. The van der Waals surface area contributed by atoms with Crippen LogP contribution in [0.1, 0.15) is 43.9 Å². The van der Waals surface area contributed by atoms with E-state index in [0.29, 0.717) is 26.2 Å². The fourth-order valence-corrected chi connectivity index (χ4v) is 6.46. The monoisotopic (exact) mass is 637 g/mol. The molecule has 0 unspecified atom stereocenters. The van der Waals surface area contributed by atoms with E-state index in [2.05, 4.69) is 5.32 Å². The van der Waals surface area contributed by atoms with Crippen molar-refractivity contribution in [2.45, 2.75) is 64.6 Å². The van der Waals surface area contributed by atoms with E-state index in [1.54, 1.807) is 62.4 Å². The van der Waals surface area contributed by atoms with E-state index in [4.69, 9.17) is 34.8 Å². The maximum atomic E-state index is 14.2. The van der Waals surface area contributed by atoms with E-state index in [1.165, 1.54) is 17.0 Å². The predicted octanol–water partition coefficient (Wildman–Crippen LogP) is 6.79. The van der Waals surface area contributed by atoms with Crippen molar-refractivity contribution in [2.75, 3.05) is 10.8 Å². The number of carbonyl (C=O) groups is 2. The highest BCUT2D eigenvalue weighted by atomic mass is 35.5. The third-order valence-corrected chi connectivity index (χ3v) is 9.34. The highest BCUT2D eigenvalue weighted by Gasteiger charge is 2.34. The fourth-order valence-electron chi connectivity index (χ4n) is 4.35. The normalized spacial score (nSPS) is 12.2. The maximum Gasteiger partial charge on any atom is 0.264 e. The van der Waals surface area contributed by atoms with Crippen LogP contribution in [0.2, 0.25) is 15.1 Å². The Bertz CT molecular complexity index is 1510. The van der Waals surface area contributed by atoms with Gasteiger partial charge in [-0.05, 0) is 81.6 Å². The molecule has 0 fully saturated rings. The molecule has 0 spiro atoms. The van der Waals surface area contributed by atoms with Crippen LogP contribution in [0.3, 0.4) is 0 Å². The van der Waals surface area contributed by atoms with Gasteiger partial charge in [-0.2, -0.15) is 0 Å². The molecule has 3 rings (SSSR count). The highest BCUT2D eigenvalue weighted by molar-refractivity contribution is 7.92. The first-order valence-electron chi connectivity index (χ1n) is 13.1. The Morgan fingerprint density at radius 3 is 2.17 bits per heavy atom. The number of hydrogen-bond acceptors (Lipinski definition) is 4. The molecule has 7 nitrogen and oxygen atoms in total. The van der Waals surface area contributed by atoms with Gasteiger partial charge in [-0.25, -0.2) is 8.42 Å². The minimum Gasteiger partial charge on any atom is -0.352 e. The second kappa shape index (κ2) is 13.9. The Labute approximate surface area is 257 Å². The summed E-state index contributed by atoms with van der Waals surface area (Å²) in [4.78, 5) is 28.8. The summed E-state index contributed by atoms with van der Waals surface area (Å²) in [5, 5.41) is 3.97. The van der Waals surface area contributed by atoms with Crippen LogP contribution >= 0.6 is 34.8 Å². The summed E-state index contributed by atoms with van der Waals surface area (Å²) in [5.41, 5.74) is 2.20. The number of aryl methyl sites for hydroxylation is 1. The lowest BCUT2D eigenvalue weighted by atomic mass is 10.1. The summed E-state index contributed by atoms with van der Waals surface area (Å²) in [5.74, 6) is -0.940. The molecule has 0 bridgehead atoms. The van der Waals surface area contributed by atoms with Crippen LogP contribution in [0.25, 0.3) is 0 Å². The topological polar surface area (TPSA) is 86.8 Å². The lowest BCUT2D eigenvalue weighted by molar-refractivity contribution is -0.140. The summed E-state index contributed by atoms with van der Waals surface area (Å²) in [7, 11) is -4.21. The summed E-state index contributed by atoms with van der Waals surface area (Å²) in [6.45, 7) is 8.37. The number of carbonyl (C=O) groups excluding carboxylic acids is 2. The van der Waals surface area contributed by atoms with Gasteiger partial charge in [-0.3, -0.25) is 13.9 Å². The quantitative estimate of drug-likeness (QED) is 0.251. The van der Waals surface area contributed by atoms with Gasteiger partial charge < -0.3 is 10.2 Å². The van der Waals surface area contributed by atoms with Crippen LogP contribution in [-0.2, 0) is 26.2 Å². The second-order valence-electron chi connectivity index (χ2n) is 10.1. The van der Waals surface area contributed by atoms with Crippen LogP contribution in [-0.4, -0.2) is 43.8 Å². The van der Waals surface area contributed by atoms with Crippen LogP contribution in [0.4, 0.5) is 5.69 Å². The number of sulfonamides is 1. The molecule has 0 saturated carbocycles. The van der Waals surface area contributed by atoms with Gasteiger partial charge in [0.15, 0.2) is 0 Å². The van der Waals surface area contributed by atoms with Gasteiger partial charge in [0.1, 0.15) is 12.6 Å². The molecule has 3 aromatic carbocycles. The van der Waals surface area contributed by atoms with Crippen molar-refractivity contribution in [1.29, 1.82) is 0 Å². The standard InChI is InChI=1S/C30H34Cl3N3O4S/c1-6-27(30(38)34-19(2)3)35(17-22-12-13-23(31)16-26(22)33)29(37)18-36(28-9-7-8-25(32)21(28)5)41(39,40)24-14-10-20(4)11-15-24/h7-16,19,27H,6,17-18H2,1-5H3,(H,34,38)/t27-/m0/s1. The van der Waals surface area contributed by atoms with Crippen molar-refractivity contribution in [3.8, 4) is 0 Å². The van der Waals surface area contributed by atoms with E-state index in [-0.39, 0.29) is 35.5 Å². The lowest BCUT2D eigenvalue weighted by Crippen LogP contribution is -2.53. The van der Waals surface area contributed by atoms with Gasteiger partial charge in [-0.15, -0.1) is 0 Å². The van der Waals surface area contributed by atoms with Crippen LogP contribution in [0.5, 0.6) is 0 Å². The molecule has 3 aromatic rings. The third kappa shape index (κ3) is 7.95. The van der Waals surface area contributed by atoms with Gasteiger partial charge in [0.25, 0.3) is 10.0 Å². The SMILES string of the molecule is CC[C@@H](C(=O)NC(C)C)N(Cc1ccc(Cl)cc1Cl)C(=O)CN(c1cccc(Cl)c1C)S(=O)(=O)c1ccc(C)cc1. The third-order valence-electron chi connectivity index (χ3n) is 6.57. The minimum atomic E-state index is -4.21. The lowest BCUT2D eigenvalue weighted by Gasteiger charge is -2.34. The summed E-state index contributed by atoms with van der Waals surface area (Å²) >= 11 is 18.9. The smallest absolute Gasteiger partial charge is 0.264 e. The molecule has 2 amide bonds. The molecular formula is C30H34Cl3N3O4S. The Balaban J connectivity index is 2.13. The first kappa shape index (κ1) is 32.7. The average Bonchev–Trinajstić information content (AvgIpc) is 2.90. The number of amides is 2. The Kier molecular flexibility index (Phi) is 11.1. The van der Waals surface area contributed by atoms with Crippen LogP contribution in [0, 0.1) is 13.8 Å². The number of nitrogens with zero attached hydrogens (tertiary/aromatic N) is 2. The fraction of sp³-hybridized carbons (Fsp3) is 0.333. The molecule has 1 N–H and O–H groups in total. The molecule has 1 atom stereocenters. The van der Waals surface area contributed by atoms with Crippen molar-refractivity contribution in [2.24, 2.45) is 0 Å². The maximum absolute atomic E-state index is 14.2. The zero-order valence-electron chi connectivity index (χ0n) is 23.6. The Hall–Kier alpha value is -2.78. The second-order valence-corrected chi connectivity index (χ2v) is 13.2. The zero-order chi connectivity index (χ0) is 30.5. The molecule has 11 heteroatoms.